The van der Waals surface area contributed by atoms with E-state index in [9.17, 15) is 14.4 Å². The number of hydrogen-bond acceptors (Lipinski definition) is 6. The summed E-state index contributed by atoms with van der Waals surface area (Å²) >= 11 is 0. The largest absolute Gasteiger partial charge is 0.462 e. The lowest BCUT2D eigenvalue weighted by Gasteiger charge is -2.18. The fraction of sp³-hybridized carbons (Fsp3) is 0.849. The van der Waals surface area contributed by atoms with Crippen molar-refractivity contribution in [3.05, 3.63) is 48.6 Å². The van der Waals surface area contributed by atoms with Gasteiger partial charge in [-0.15, -0.1) is 0 Å². The Labute approximate surface area is 492 Å². The van der Waals surface area contributed by atoms with Crippen LogP contribution in [0, 0.1) is 0 Å². The quantitative estimate of drug-likeness (QED) is 0.0261. The van der Waals surface area contributed by atoms with Crippen LogP contribution in [0.3, 0.4) is 0 Å². The molecule has 0 heterocycles. The van der Waals surface area contributed by atoms with Crippen LogP contribution in [0.2, 0.25) is 0 Å². The van der Waals surface area contributed by atoms with Gasteiger partial charge < -0.3 is 14.2 Å². The van der Waals surface area contributed by atoms with Crippen molar-refractivity contribution in [2.24, 2.45) is 0 Å². The molecule has 0 aromatic carbocycles. The van der Waals surface area contributed by atoms with E-state index in [-0.39, 0.29) is 31.1 Å². The van der Waals surface area contributed by atoms with Gasteiger partial charge in [-0.25, -0.2) is 0 Å². The van der Waals surface area contributed by atoms with Gasteiger partial charge in [0, 0.05) is 19.3 Å². The van der Waals surface area contributed by atoms with Gasteiger partial charge in [0.15, 0.2) is 6.10 Å². The van der Waals surface area contributed by atoms with E-state index >= 15 is 0 Å². The Hall–Kier alpha value is -2.63. The molecule has 6 heteroatoms. The Balaban J connectivity index is 4.31. The van der Waals surface area contributed by atoms with Gasteiger partial charge in [0.2, 0.25) is 0 Å². The van der Waals surface area contributed by atoms with Gasteiger partial charge in [0.05, 0.1) is 0 Å². The van der Waals surface area contributed by atoms with Gasteiger partial charge >= 0.3 is 17.9 Å². The predicted octanol–water partition coefficient (Wildman–Crippen LogP) is 24.1. The molecular weight excluding hydrogens is 973 g/mol. The molecule has 0 spiro atoms. The van der Waals surface area contributed by atoms with E-state index < -0.39 is 6.10 Å². The lowest BCUT2D eigenvalue weighted by Crippen LogP contribution is -2.30. The van der Waals surface area contributed by atoms with Crippen LogP contribution >= 0.6 is 0 Å². The van der Waals surface area contributed by atoms with Crippen molar-refractivity contribution in [1.29, 1.82) is 0 Å². The maximum Gasteiger partial charge on any atom is 0.306 e. The predicted molar refractivity (Wildman–Crippen MR) is 344 cm³/mol. The second kappa shape index (κ2) is 67.9. The number of allylic oxidation sites excluding steroid dienone is 8. The fourth-order valence-electron chi connectivity index (χ4n) is 10.5. The van der Waals surface area contributed by atoms with Gasteiger partial charge in [0.25, 0.3) is 0 Å². The Morgan fingerprint density at radius 1 is 0.253 bits per heavy atom. The molecule has 0 aliphatic carbocycles. The van der Waals surface area contributed by atoms with Crippen molar-refractivity contribution in [3.8, 4) is 0 Å². The third-order valence-electron chi connectivity index (χ3n) is 15.8. The molecule has 6 nitrogen and oxygen atoms in total. The number of hydrogen-bond donors (Lipinski definition) is 0. The molecule has 0 saturated heterocycles. The lowest BCUT2D eigenvalue weighted by atomic mass is 10.0. The minimum atomic E-state index is -0.779. The molecule has 0 bridgehead atoms. The zero-order valence-corrected chi connectivity index (χ0v) is 53.2. The normalized spacial score (nSPS) is 12.3. The highest BCUT2D eigenvalue weighted by Crippen LogP contribution is 2.18. The highest BCUT2D eigenvalue weighted by Gasteiger charge is 2.19. The van der Waals surface area contributed by atoms with E-state index in [1.165, 1.54) is 263 Å². The van der Waals surface area contributed by atoms with E-state index in [2.05, 4.69) is 69.4 Å². The SMILES string of the molecule is CCCCC/C=C\C/C=C\C/C=C\CCCCCCCCC(=O)OC(COC(=O)CCCCCCCCCCCCCCC/C=C\CCCCCCCCCC)COC(=O)CCCCCCCCCCCCCCCCCCC. The van der Waals surface area contributed by atoms with Crippen molar-refractivity contribution < 1.29 is 28.6 Å². The third-order valence-corrected chi connectivity index (χ3v) is 15.8. The van der Waals surface area contributed by atoms with Crippen molar-refractivity contribution >= 4 is 17.9 Å². The summed E-state index contributed by atoms with van der Waals surface area (Å²) in [4.78, 5) is 38.5. The number of ether oxygens (including phenoxy) is 3. The van der Waals surface area contributed by atoms with Crippen LogP contribution in [0.15, 0.2) is 48.6 Å². The average Bonchev–Trinajstić information content (AvgIpc) is 3.45. The van der Waals surface area contributed by atoms with E-state index in [4.69, 9.17) is 14.2 Å². The molecule has 0 aromatic heterocycles. The summed E-state index contributed by atoms with van der Waals surface area (Å²) in [5, 5.41) is 0. The first-order valence-electron chi connectivity index (χ1n) is 35.1. The summed E-state index contributed by atoms with van der Waals surface area (Å²) in [6.07, 6.45) is 85.6. The number of rotatable bonds is 65. The Kier molecular flexibility index (Phi) is 65.6. The first-order valence-corrected chi connectivity index (χ1v) is 35.1. The van der Waals surface area contributed by atoms with Crippen molar-refractivity contribution in [2.75, 3.05) is 13.2 Å². The summed E-state index contributed by atoms with van der Waals surface area (Å²) in [5.41, 5.74) is 0. The third kappa shape index (κ3) is 66.1. The summed E-state index contributed by atoms with van der Waals surface area (Å²) in [6.45, 7) is 6.67. The van der Waals surface area contributed by atoms with E-state index in [0.717, 1.165) is 77.0 Å². The zero-order valence-electron chi connectivity index (χ0n) is 53.2. The molecule has 1 atom stereocenters. The lowest BCUT2D eigenvalue weighted by molar-refractivity contribution is -0.167. The Bertz CT molecular complexity index is 1360. The first kappa shape index (κ1) is 76.4. The molecular formula is C73H134O6. The molecule has 0 aromatic rings. The van der Waals surface area contributed by atoms with Crippen LogP contribution in [-0.4, -0.2) is 37.2 Å². The molecule has 462 valence electrons. The minimum Gasteiger partial charge on any atom is -0.462 e. The molecule has 0 N–H and O–H groups in total. The zero-order chi connectivity index (χ0) is 57.1. The van der Waals surface area contributed by atoms with Crippen LogP contribution in [0.5, 0.6) is 0 Å². The van der Waals surface area contributed by atoms with Crippen LogP contribution in [0.4, 0.5) is 0 Å². The van der Waals surface area contributed by atoms with E-state index in [1.54, 1.807) is 0 Å². The number of carbonyl (C=O) groups is 3. The maximum absolute atomic E-state index is 12.9. The molecule has 0 radical (unpaired) electrons. The number of unbranched alkanes of at least 4 members (excludes halogenated alkanes) is 46. The van der Waals surface area contributed by atoms with Crippen LogP contribution in [-0.2, 0) is 28.6 Å². The number of carbonyl (C=O) groups excluding carboxylic acids is 3. The van der Waals surface area contributed by atoms with Crippen LogP contribution in [0.1, 0.15) is 380 Å². The Morgan fingerprint density at radius 3 is 0.747 bits per heavy atom. The molecule has 0 aliphatic rings. The molecule has 0 aliphatic heterocycles. The Morgan fingerprint density at radius 2 is 0.456 bits per heavy atom. The van der Waals surface area contributed by atoms with Crippen LogP contribution in [0.25, 0.3) is 0 Å². The van der Waals surface area contributed by atoms with Crippen LogP contribution < -0.4 is 0 Å². The molecule has 0 rings (SSSR count). The number of esters is 3. The molecule has 0 saturated carbocycles. The van der Waals surface area contributed by atoms with Gasteiger partial charge in [-0.2, -0.15) is 0 Å². The topological polar surface area (TPSA) is 78.9 Å². The van der Waals surface area contributed by atoms with Gasteiger partial charge in [0.1, 0.15) is 13.2 Å². The van der Waals surface area contributed by atoms with E-state index in [1.807, 2.05) is 0 Å². The second-order valence-corrected chi connectivity index (χ2v) is 23.8. The molecule has 1 unspecified atom stereocenters. The summed E-state index contributed by atoms with van der Waals surface area (Å²) < 4.78 is 17.0. The van der Waals surface area contributed by atoms with Crippen molar-refractivity contribution in [1.82, 2.24) is 0 Å². The minimum absolute atomic E-state index is 0.0740. The maximum atomic E-state index is 12.9. The summed E-state index contributed by atoms with van der Waals surface area (Å²) in [5.74, 6) is -0.860. The van der Waals surface area contributed by atoms with Gasteiger partial charge in [-0.3, -0.25) is 14.4 Å². The smallest absolute Gasteiger partial charge is 0.306 e. The highest BCUT2D eigenvalue weighted by atomic mass is 16.6. The molecule has 0 fully saturated rings. The fourth-order valence-corrected chi connectivity index (χ4v) is 10.5. The average molecular weight is 1110 g/mol. The molecule has 0 amide bonds. The monoisotopic (exact) mass is 1110 g/mol. The van der Waals surface area contributed by atoms with Crippen molar-refractivity contribution in [3.63, 3.8) is 0 Å². The van der Waals surface area contributed by atoms with E-state index in [0.29, 0.717) is 19.3 Å². The summed E-state index contributed by atoms with van der Waals surface area (Å²) in [6, 6.07) is 0. The first-order chi connectivity index (χ1) is 39.0. The van der Waals surface area contributed by atoms with Gasteiger partial charge in [-0.05, 0) is 83.5 Å². The molecule has 79 heavy (non-hydrogen) atoms. The second-order valence-electron chi connectivity index (χ2n) is 23.8. The van der Waals surface area contributed by atoms with Gasteiger partial charge in [-0.1, -0.05) is 326 Å². The standard InChI is InChI=1S/C73H134O6/c1-4-7-10-13-16-19-22-25-28-31-33-34-35-36-37-38-40-42-45-48-51-54-57-60-63-66-72(75)78-69-70(68-77-71(74)65-62-59-56-53-50-47-44-41-30-27-24-21-18-15-12-9-6-3)79-73(76)67-64-61-58-55-52-49-46-43-39-32-29-26-23-20-17-14-11-8-5-2/h17,20,26,29,31,33,39,43,70H,4-16,18-19,21-25,27-28,30,32,34-38,40-42,44-69H2,1-3H3/b20-17-,29-26-,33-31-,43-39-. The van der Waals surface area contributed by atoms with Crippen molar-refractivity contribution in [2.45, 2.75) is 386 Å². The highest BCUT2D eigenvalue weighted by molar-refractivity contribution is 5.71. The summed E-state index contributed by atoms with van der Waals surface area (Å²) in [7, 11) is 0.